The van der Waals surface area contributed by atoms with Crippen LogP contribution in [0.1, 0.15) is 233 Å². The molecule has 4 heteroatoms. The minimum atomic E-state index is -0.238. The summed E-state index contributed by atoms with van der Waals surface area (Å²) in [6, 6.07) is 56.6. The molecule has 2 heterocycles. The van der Waals surface area contributed by atoms with E-state index in [0.29, 0.717) is 0 Å². The molecule has 87 heavy (non-hydrogen) atoms. The number of fused-ring (bicyclic) bond motifs is 9. The maximum Gasteiger partial charge on any atom is 0.252 e. The van der Waals surface area contributed by atoms with Crippen LogP contribution in [0.25, 0.3) is 11.1 Å². The molecule has 0 unspecified atom stereocenters. The van der Waals surface area contributed by atoms with Gasteiger partial charge in [-0.25, -0.2) is 0 Å². The zero-order chi connectivity index (χ0) is 62.6. The first-order chi connectivity index (χ1) is 40.3. The maximum absolute atomic E-state index is 2.78. The third kappa shape index (κ3) is 9.15. The molecule has 0 saturated carbocycles. The normalized spacial score (nSPS) is 18.1. The van der Waals surface area contributed by atoms with E-state index in [1.807, 2.05) is 0 Å². The predicted octanol–water partition coefficient (Wildman–Crippen LogP) is 21.4. The van der Waals surface area contributed by atoms with Gasteiger partial charge in [-0.15, -0.1) is 0 Å². The maximum atomic E-state index is 2.78. The van der Waals surface area contributed by atoms with Crippen LogP contribution in [-0.2, 0) is 48.7 Å². The summed E-state index contributed by atoms with van der Waals surface area (Å²) in [5, 5.41) is 0. The number of nitrogens with zero attached hydrogens (tertiary/aromatic N) is 3. The second kappa shape index (κ2) is 18.9. The SMILES string of the molecule is Cc1cc2c(cc1N1c3cc4c(cc3B3c5ccc(N(c6ccc(C(C)(C)C)cc6)c6ccc(C(C)(C)C)cc6)cc5N(c5ccc(C(C)(C)C)c6c5-c5ccccc5C6(C)C)c5cc(C(C)(C)C)cc1c53)C(C)(C)CC4(C)C)C(C)(C)CCC2(C)C. The molecular weight excluding hydrogens is 1050 g/mol. The van der Waals surface area contributed by atoms with Crippen LogP contribution in [0.3, 0.4) is 0 Å². The van der Waals surface area contributed by atoms with Crippen molar-refractivity contribution in [3.05, 3.63) is 201 Å². The second-order valence-electron chi connectivity index (χ2n) is 34.6. The van der Waals surface area contributed by atoms with Gasteiger partial charge in [-0.05, 0) is 219 Å². The summed E-state index contributed by atoms with van der Waals surface area (Å²) in [5.74, 6) is 0. The standard InChI is InChI=1S/C83H98BN3/c1-50-42-60-62(80(16,17)41-40-79(60,14)15)47-67(50)87-69-48-63-61(81(18,19)49-82(63,20)21)46-65(69)84-64-38-36-56(85(54-32-28-51(29-33-54)75(2,3)4)55-34-30-52(31-35-55)76(5,6)7)45-68(64)86(70-43-53(77(8,9)10)44-71(87)74(70)84)66-39-37-59(78(11,12)13)73-72(66)57-26-24-25-27-58(57)83(73,22)23/h24-39,42-48H,40-41,49H2,1-23H3. The van der Waals surface area contributed by atoms with Crippen LogP contribution in [0, 0.1) is 6.92 Å². The fourth-order valence-electron chi connectivity index (χ4n) is 16.9. The Morgan fingerprint density at radius 2 is 0.862 bits per heavy atom. The molecule has 0 radical (unpaired) electrons. The molecule has 0 N–H and O–H groups in total. The van der Waals surface area contributed by atoms with Gasteiger partial charge in [0.25, 0.3) is 6.71 Å². The van der Waals surface area contributed by atoms with Gasteiger partial charge < -0.3 is 14.7 Å². The van der Waals surface area contributed by atoms with E-state index in [0.717, 1.165) is 29.9 Å². The van der Waals surface area contributed by atoms with Gasteiger partial charge in [-0.3, -0.25) is 0 Å². The smallest absolute Gasteiger partial charge is 0.252 e. The van der Waals surface area contributed by atoms with Crippen molar-refractivity contribution in [1.82, 2.24) is 0 Å². The molecule has 0 saturated heterocycles. The highest BCUT2D eigenvalue weighted by Gasteiger charge is 2.51. The highest BCUT2D eigenvalue weighted by molar-refractivity contribution is 7.00. The summed E-state index contributed by atoms with van der Waals surface area (Å²) in [6.07, 6.45) is 3.44. The zero-order valence-electron chi connectivity index (χ0n) is 57.3. The first-order valence-corrected chi connectivity index (χ1v) is 32.9. The van der Waals surface area contributed by atoms with Crippen LogP contribution in [0.2, 0.25) is 0 Å². The van der Waals surface area contributed by atoms with Gasteiger partial charge in [0.1, 0.15) is 0 Å². The van der Waals surface area contributed by atoms with Gasteiger partial charge in [0.15, 0.2) is 0 Å². The average molecular weight is 1150 g/mol. The average Bonchev–Trinajstić information content (AvgIpc) is 1.63. The molecule has 0 aromatic heterocycles. The first-order valence-electron chi connectivity index (χ1n) is 32.9. The number of rotatable bonds is 5. The van der Waals surface area contributed by atoms with Gasteiger partial charge in [0.05, 0.1) is 5.69 Å². The molecule has 3 nitrogen and oxygen atoms in total. The van der Waals surface area contributed by atoms with Crippen LogP contribution in [0.5, 0.6) is 0 Å². The number of aryl methyl sites for hydroxylation is 1. The Labute approximate surface area is 525 Å². The Balaban J connectivity index is 1.18. The molecule has 8 aromatic carbocycles. The third-order valence-corrected chi connectivity index (χ3v) is 21.8. The van der Waals surface area contributed by atoms with Gasteiger partial charge in [-0.1, -0.05) is 225 Å². The van der Waals surface area contributed by atoms with E-state index >= 15 is 0 Å². The van der Waals surface area contributed by atoms with E-state index in [1.165, 1.54) is 129 Å². The fourth-order valence-corrected chi connectivity index (χ4v) is 16.9. The molecule has 13 rings (SSSR count). The van der Waals surface area contributed by atoms with E-state index in [4.69, 9.17) is 0 Å². The summed E-state index contributed by atoms with van der Waals surface area (Å²) in [7, 11) is 0. The van der Waals surface area contributed by atoms with Crippen molar-refractivity contribution in [1.29, 1.82) is 0 Å². The molecule has 0 atom stereocenters. The second-order valence-corrected chi connectivity index (χ2v) is 34.6. The van der Waals surface area contributed by atoms with E-state index in [9.17, 15) is 0 Å². The molecule has 0 amide bonds. The van der Waals surface area contributed by atoms with Crippen LogP contribution >= 0.6 is 0 Å². The van der Waals surface area contributed by atoms with Crippen LogP contribution in [-0.4, -0.2) is 6.71 Å². The Morgan fingerprint density at radius 1 is 0.391 bits per heavy atom. The van der Waals surface area contributed by atoms with Gasteiger partial charge >= 0.3 is 0 Å². The molecule has 0 spiro atoms. The molecule has 5 aliphatic rings. The number of benzene rings is 8. The van der Waals surface area contributed by atoms with Crippen molar-refractivity contribution >= 4 is 74.3 Å². The molecule has 0 bridgehead atoms. The van der Waals surface area contributed by atoms with Crippen LogP contribution in [0.4, 0.5) is 51.2 Å². The van der Waals surface area contributed by atoms with Gasteiger partial charge in [0, 0.05) is 56.5 Å². The summed E-state index contributed by atoms with van der Waals surface area (Å²) >= 11 is 0. The van der Waals surface area contributed by atoms with E-state index in [-0.39, 0.29) is 55.4 Å². The number of anilines is 9. The quantitative estimate of drug-likeness (QED) is 0.159. The van der Waals surface area contributed by atoms with Gasteiger partial charge in [-0.2, -0.15) is 0 Å². The first kappa shape index (κ1) is 59.2. The summed E-state index contributed by atoms with van der Waals surface area (Å²) in [5.41, 5.74) is 33.0. The minimum absolute atomic E-state index is 0.00535. The summed E-state index contributed by atoms with van der Waals surface area (Å²) < 4.78 is 0. The highest BCUT2D eigenvalue weighted by atomic mass is 15.2. The molecular formula is C83H98BN3. The Kier molecular flexibility index (Phi) is 12.9. The van der Waals surface area contributed by atoms with Crippen molar-refractivity contribution in [2.24, 2.45) is 0 Å². The lowest BCUT2D eigenvalue weighted by molar-refractivity contribution is 0.332. The van der Waals surface area contributed by atoms with Crippen molar-refractivity contribution in [3.8, 4) is 11.1 Å². The van der Waals surface area contributed by atoms with Crippen LogP contribution in [0.15, 0.2) is 140 Å². The predicted molar refractivity (Wildman–Crippen MR) is 378 cm³/mol. The van der Waals surface area contributed by atoms with Crippen molar-refractivity contribution in [2.45, 2.75) is 227 Å². The lowest BCUT2D eigenvalue weighted by atomic mass is 9.33. The molecule has 8 aromatic rings. The Morgan fingerprint density at radius 3 is 1.40 bits per heavy atom. The largest absolute Gasteiger partial charge is 0.311 e. The fraction of sp³-hybridized carbons (Fsp3) is 0.422. The van der Waals surface area contributed by atoms with Crippen molar-refractivity contribution in [3.63, 3.8) is 0 Å². The van der Waals surface area contributed by atoms with Crippen LogP contribution < -0.4 is 31.1 Å². The highest BCUT2D eigenvalue weighted by Crippen LogP contribution is 2.60. The lowest BCUT2D eigenvalue weighted by Gasteiger charge is -2.47. The molecule has 448 valence electrons. The minimum Gasteiger partial charge on any atom is -0.311 e. The van der Waals surface area contributed by atoms with Gasteiger partial charge in [0.2, 0.25) is 0 Å². The summed E-state index contributed by atoms with van der Waals surface area (Å²) in [6.45, 7) is 55.6. The zero-order valence-corrected chi connectivity index (χ0v) is 57.3. The monoisotopic (exact) mass is 1150 g/mol. The number of hydrogen-bond acceptors (Lipinski definition) is 3. The van der Waals surface area contributed by atoms with E-state index in [1.54, 1.807) is 0 Å². The molecule has 2 aliphatic heterocycles. The molecule has 3 aliphatic carbocycles. The topological polar surface area (TPSA) is 9.72 Å². The van der Waals surface area contributed by atoms with E-state index in [2.05, 4.69) is 313 Å². The Hall–Kier alpha value is -6.78. The van der Waals surface area contributed by atoms with Crippen molar-refractivity contribution in [2.75, 3.05) is 14.7 Å². The number of hydrogen-bond donors (Lipinski definition) is 0. The van der Waals surface area contributed by atoms with Crippen molar-refractivity contribution < 1.29 is 0 Å². The Bertz CT molecular complexity index is 4090. The van der Waals surface area contributed by atoms with E-state index < -0.39 is 0 Å². The lowest BCUT2D eigenvalue weighted by Crippen LogP contribution is -2.61. The third-order valence-electron chi connectivity index (χ3n) is 21.8. The molecule has 0 fully saturated rings. The summed E-state index contributed by atoms with van der Waals surface area (Å²) in [4.78, 5) is 8.07.